The van der Waals surface area contributed by atoms with Gasteiger partial charge in [0.15, 0.2) is 0 Å². The van der Waals surface area contributed by atoms with Crippen LogP contribution >= 0.6 is 0 Å². The van der Waals surface area contributed by atoms with E-state index in [0.29, 0.717) is 4.57 Å². The normalized spacial score (nSPS) is 21.6. The van der Waals surface area contributed by atoms with Crippen LogP contribution in [0.3, 0.4) is 0 Å². The van der Waals surface area contributed by atoms with Crippen LogP contribution < -0.4 is 0 Å². The summed E-state index contributed by atoms with van der Waals surface area (Å²) in [5, 5.41) is -5.86. The van der Waals surface area contributed by atoms with Gasteiger partial charge in [-0.2, -0.15) is 0 Å². The molecule has 0 saturated heterocycles. The van der Waals surface area contributed by atoms with E-state index in [1.165, 1.54) is 0 Å². The second-order valence-corrected chi connectivity index (χ2v) is 14.3. The van der Waals surface area contributed by atoms with Crippen LogP contribution in [-0.4, -0.2) is 4.57 Å². The van der Waals surface area contributed by atoms with Gasteiger partial charge in [-0.15, -0.1) is 0 Å². The van der Waals surface area contributed by atoms with Crippen molar-refractivity contribution in [1.82, 2.24) is 4.57 Å². The number of aromatic nitrogens is 1. The lowest BCUT2D eigenvalue weighted by atomic mass is 9.70. The Labute approximate surface area is 411 Å². The summed E-state index contributed by atoms with van der Waals surface area (Å²) in [4.78, 5) is 0. The van der Waals surface area contributed by atoms with Crippen molar-refractivity contribution in [2.24, 2.45) is 0 Å². The zero-order valence-electron chi connectivity index (χ0n) is 67.9. The monoisotopic (exact) mass is 821 g/mol. The van der Waals surface area contributed by atoms with Gasteiger partial charge in [0.05, 0.1) is 67.2 Å². The first-order valence-corrected chi connectivity index (χ1v) is 18.7. The summed E-state index contributed by atoms with van der Waals surface area (Å²) in [6.45, 7) is 0. The molecule has 0 bridgehead atoms. The van der Waals surface area contributed by atoms with Crippen LogP contribution in [0.5, 0.6) is 0 Å². The molecule has 1 nitrogen and oxygen atoms in total. The van der Waals surface area contributed by atoms with Gasteiger partial charge in [0.2, 0.25) is 0 Å². The molecule has 2 aliphatic carbocycles. The number of rotatable bonds is 3. The molecular formula is C61H37N. The van der Waals surface area contributed by atoms with Crippen molar-refractivity contribution in [3.63, 3.8) is 0 Å². The molecule has 0 N–H and O–H groups in total. The zero-order chi connectivity index (χ0) is 72.7. The highest BCUT2D eigenvalue weighted by Crippen LogP contribution is 2.64. The summed E-state index contributed by atoms with van der Waals surface area (Å²) in [5.41, 5.74) is -16.6. The smallest absolute Gasteiger partial charge is 0.0725 e. The minimum atomic E-state index is -3.05. The number of benzene rings is 11. The molecular weight excluding hydrogens is 747 g/mol. The summed E-state index contributed by atoms with van der Waals surface area (Å²) < 4.78 is 351. The second-order valence-electron chi connectivity index (χ2n) is 14.3. The maximum atomic E-state index is 10.9. The van der Waals surface area contributed by atoms with Crippen molar-refractivity contribution in [2.45, 2.75) is 5.41 Å². The van der Waals surface area contributed by atoms with E-state index in [-0.39, 0.29) is 0 Å². The Balaban J connectivity index is 1.34. The minimum Gasteiger partial charge on any atom is -0.309 e. The molecule has 0 amide bonds. The number of para-hydroxylation sites is 2. The van der Waals surface area contributed by atoms with Crippen molar-refractivity contribution in [2.75, 3.05) is 0 Å². The predicted octanol–water partition coefficient (Wildman–Crippen LogP) is 15.9. The first kappa shape index (κ1) is 14.0. The molecule has 12 aromatic rings. The van der Waals surface area contributed by atoms with E-state index in [2.05, 4.69) is 0 Å². The highest BCUT2D eigenvalue weighted by Gasteiger charge is 2.52. The molecule has 286 valence electrons. The van der Waals surface area contributed by atoms with Crippen molar-refractivity contribution >= 4 is 54.1 Å². The molecule has 0 unspecified atom stereocenters. The van der Waals surface area contributed by atoms with Crippen LogP contribution in [0.25, 0.3) is 104 Å². The first-order chi connectivity index (χ1) is 46.2. The lowest BCUT2D eigenvalue weighted by Gasteiger charge is -2.30. The van der Waals surface area contributed by atoms with E-state index in [9.17, 15) is 31.5 Å². The van der Waals surface area contributed by atoms with E-state index in [4.69, 9.17) is 19.2 Å². The molecule has 11 aromatic carbocycles. The van der Waals surface area contributed by atoms with Crippen LogP contribution in [0, 0.1) is 0 Å². The van der Waals surface area contributed by atoms with Crippen LogP contribution in [-0.2, 0) is 5.41 Å². The Kier molecular flexibility index (Phi) is 2.83. The van der Waals surface area contributed by atoms with Gasteiger partial charge in [0, 0.05) is 16.5 Å². The lowest BCUT2D eigenvalue weighted by molar-refractivity contribution is 0.794. The average Bonchev–Trinajstić information content (AvgIpc) is 1.48. The number of hydrogen-bond donors (Lipinski definition) is 0. The zero-order valence-corrected chi connectivity index (χ0v) is 30.9. The number of fused-ring (bicyclic) bond motifs is 19. The van der Waals surface area contributed by atoms with Gasteiger partial charge in [-0.05, 0) is 135 Å². The summed E-state index contributed by atoms with van der Waals surface area (Å²) in [5.74, 6) is 0. The van der Waals surface area contributed by atoms with Gasteiger partial charge >= 0.3 is 0 Å². The molecule has 0 radical (unpaired) electrons. The Morgan fingerprint density at radius 1 is 0.306 bits per heavy atom. The van der Waals surface area contributed by atoms with Crippen molar-refractivity contribution < 1.29 is 50.7 Å². The third-order valence-electron chi connectivity index (χ3n) is 11.4. The van der Waals surface area contributed by atoms with Crippen molar-refractivity contribution in [3.05, 3.63) is 246 Å². The molecule has 0 atom stereocenters. The third-order valence-corrected chi connectivity index (χ3v) is 11.4. The standard InChI is InChI=1S/C61H37N/c1-2-17-40(18-3-1)62-57-32-15-11-26-50(57)60-51(38-33-34-46-44-21-5-4-19-42(44)43-20-6-7-22-45(43)52(46)35-38)36-39(37-58(60)62)41-27-16-31-56-59(41)49-25-10-14-30-55(49)61(56)53-28-12-8-23-47(53)48-24-9-13-29-54(48)61/h1-37H/i1D,2D,3D,4D,5D,6D,7D,8D,9D,10D,11D,12D,13D,14D,15D,16D,17D,18D,19D,20D,21D,22D,23D,24D,25D,26D,27D,28D,29D,30D,31D,32D,33D,34D,35D,36D,37D. The van der Waals surface area contributed by atoms with Crippen molar-refractivity contribution in [1.29, 1.82) is 0 Å². The predicted molar refractivity (Wildman–Crippen MR) is 260 cm³/mol. The van der Waals surface area contributed by atoms with E-state index in [0.717, 1.165) is 0 Å². The number of hydrogen-bond acceptors (Lipinski definition) is 0. The Bertz CT molecular complexity index is 5920. The van der Waals surface area contributed by atoms with Crippen LogP contribution in [0.2, 0.25) is 0 Å². The molecule has 62 heavy (non-hydrogen) atoms. The van der Waals surface area contributed by atoms with Crippen LogP contribution in [0.4, 0.5) is 0 Å². The van der Waals surface area contributed by atoms with E-state index >= 15 is 0 Å². The van der Waals surface area contributed by atoms with Crippen LogP contribution in [0.1, 0.15) is 73.0 Å². The fourth-order valence-electron chi connectivity index (χ4n) is 9.09. The summed E-state index contributed by atoms with van der Waals surface area (Å²) in [6.07, 6.45) is 0. The van der Waals surface area contributed by atoms with Gasteiger partial charge in [-0.1, -0.05) is 187 Å². The van der Waals surface area contributed by atoms with Gasteiger partial charge in [0.1, 0.15) is 0 Å². The summed E-state index contributed by atoms with van der Waals surface area (Å²) in [6, 6.07) is -39.8. The van der Waals surface area contributed by atoms with Crippen LogP contribution in [0.15, 0.2) is 224 Å². The SMILES string of the molecule is [2H]c1c([2H])c([2H])c(-n2c3c([2H])c([2H])c([2H])c([2H])c3c3c(-c4c([2H])c([2H])c5c6c([2H])c([2H])c([2H])c([2H])c6c6c([2H])c([2H])c([2H])c([2H])c6c5c4[2H])c([2H])c(-c4c([2H])c([2H])c([2H])c5c4-c4c([2H])c([2H])c([2H])c([2H])c4C54c5c([2H])c([2H])c([2H])c([2H])c5-c5c([2H])c([2H])c([2H])c([2H])c54)c([2H])c32)c([2H])c1[2H]. The molecule has 0 fully saturated rings. The van der Waals surface area contributed by atoms with E-state index in [1.807, 2.05) is 0 Å². The highest BCUT2D eigenvalue weighted by molar-refractivity contribution is 6.26. The van der Waals surface area contributed by atoms with Gasteiger partial charge in [0.25, 0.3) is 0 Å². The fraction of sp³-hybridized carbons (Fsp3) is 0.0164. The molecule has 1 aromatic heterocycles. The second kappa shape index (κ2) is 12.5. The van der Waals surface area contributed by atoms with Crippen molar-refractivity contribution in [3.8, 4) is 50.2 Å². The Hall–Kier alpha value is -8.00. The Morgan fingerprint density at radius 3 is 1.48 bits per heavy atom. The Morgan fingerprint density at radius 2 is 0.806 bits per heavy atom. The van der Waals surface area contributed by atoms with E-state index < -0.39 is 356 Å². The van der Waals surface area contributed by atoms with Gasteiger partial charge in [-0.3, -0.25) is 0 Å². The fourth-order valence-corrected chi connectivity index (χ4v) is 9.09. The molecule has 14 rings (SSSR count). The molecule has 1 heteroatoms. The highest BCUT2D eigenvalue weighted by atomic mass is 15.0. The van der Waals surface area contributed by atoms with Gasteiger partial charge in [-0.25, -0.2) is 0 Å². The molecule has 1 heterocycles. The minimum absolute atomic E-state index is 0.588. The molecule has 2 aliphatic rings. The third kappa shape index (κ3) is 4.32. The quantitative estimate of drug-likeness (QED) is 0.157. The maximum Gasteiger partial charge on any atom is 0.0725 e. The van der Waals surface area contributed by atoms with Gasteiger partial charge < -0.3 is 4.57 Å². The first-order valence-electron chi connectivity index (χ1n) is 37.2. The average molecular weight is 821 g/mol. The molecule has 0 aliphatic heterocycles. The largest absolute Gasteiger partial charge is 0.309 e. The molecule has 1 spiro atoms. The topological polar surface area (TPSA) is 4.93 Å². The lowest BCUT2D eigenvalue weighted by Crippen LogP contribution is -2.25. The maximum absolute atomic E-state index is 10.9. The summed E-state index contributed by atoms with van der Waals surface area (Å²) >= 11 is 0. The number of nitrogens with zero attached hydrogens (tertiary/aromatic N) is 1. The van der Waals surface area contributed by atoms with E-state index in [1.54, 1.807) is 0 Å². The molecule has 0 saturated carbocycles. The summed E-state index contributed by atoms with van der Waals surface area (Å²) in [7, 11) is 0.